The van der Waals surface area contributed by atoms with E-state index in [-0.39, 0.29) is 23.2 Å². The largest absolute Gasteiger partial charge is 0.486 e. The molecule has 36 heavy (non-hydrogen) atoms. The Morgan fingerprint density at radius 3 is 2.42 bits per heavy atom. The van der Waals surface area contributed by atoms with Crippen molar-refractivity contribution in [2.45, 2.75) is 19.9 Å². The van der Waals surface area contributed by atoms with Crippen molar-refractivity contribution in [3.05, 3.63) is 100 Å². The van der Waals surface area contributed by atoms with Crippen molar-refractivity contribution in [3.63, 3.8) is 0 Å². The maximum atomic E-state index is 14.1. The van der Waals surface area contributed by atoms with Gasteiger partial charge in [-0.05, 0) is 37.6 Å². The summed E-state index contributed by atoms with van der Waals surface area (Å²) in [4.78, 5) is 28.7. The molecule has 0 fully saturated rings. The summed E-state index contributed by atoms with van der Waals surface area (Å²) < 4.78 is 12.8. The molecule has 182 valence electrons. The van der Waals surface area contributed by atoms with Gasteiger partial charge in [0.15, 0.2) is 17.2 Å². The highest BCUT2D eigenvalue weighted by Crippen LogP contribution is 2.34. The van der Waals surface area contributed by atoms with Gasteiger partial charge in [0.05, 0.1) is 11.4 Å². The minimum atomic E-state index is -0.310. The Kier molecular flexibility index (Phi) is 6.54. The Morgan fingerprint density at radius 1 is 0.972 bits per heavy atom. The number of anilines is 1. The number of carbonyl (C=O) groups excluding carboxylic acids is 1. The Labute approximate surface area is 209 Å². The van der Waals surface area contributed by atoms with E-state index in [4.69, 9.17) is 9.47 Å². The zero-order chi connectivity index (χ0) is 25.1. The molecule has 2 heterocycles. The van der Waals surface area contributed by atoms with Crippen molar-refractivity contribution in [3.8, 4) is 11.5 Å². The lowest BCUT2D eigenvalue weighted by atomic mass is 10.1. The lowest BCUT2D eigenvalue weighted by Gasteiger charge is -2.25. The van der Waals surface area contributed by atoms with Gasteiger partial charge in [0.25, 0.3) is 11.5 Å². The molecule has 1 aromatic heterocycles. The van der Waals surface area contributed by atoms with Gasteiger partial charge in [-0.2, -0.15) is 5.10 Å². The second kappa shape index (κ2) is 10.1. The molecule has 0 bridgehead atoms. The molecule has 0 spiro atoms. The van der Waals surface area contributed by atoms with Crippen molar-refractivity contribution in [2.75, 3.05) is 24.7 Å². The maximum Gasteiger partial charge on any atom is 0.279 e. The fourth-order valence-electron chi connectivity index (χ4n) is 4.21. The molecule has 0 unspecified atom stereocenters. The minimum Gasteiger partial charge on any atom is -0.486 e. The molecule has 0 saturated carbocycles. The zero-order valence-electron chi connectivity index (χ0n) is 20.3. The van der Waals surface area contributed by atoms with E-state index in [2.05, 4.69) is 5.10 Å². The fraction of sp³-hybridized carbons (Fsp3) is 0.207. The third-order valence-corrected chi connectivity index (χ3v) is 6.00. The van der Waals surface area contributed by atoms with E-state index in [9.17, 15) is 9.59 Å². The number of nitrogens with zero attached hydrogens (tertiary/aromatic N) is 3. The molecule has 1 amide bonds. The Hall–Kier alpha value is -4.39. The molecule has 3 aromatic carbocycles. The Balaban J connectivity index is 1.60. The Morgan fingerprint density at radius 2 is 1.67 bits per heavy atom. The van der Waals surface area contributed by atoms with Gasteiger partial charge in [-0.15, -0.1) is 0 Å². The van der Waals surface area contributed by atoms with Crippen LogP contribution >= 0.6 is 0 Å². The summed E-state index contributed by atoms with van der Waals surface area (Å²) in [6.07, 6.45) is 3.91. The first-order valence-corrected chi connectivity index (χ1v) is 12.0. The van der Waals surface area contributed by atoms with E-state index in [1.165, 1.54) is 4.68 Å². The average Bonchev–Trinajstić information content (AvgIpc) is 2.91. The third kappa shape index (κ3) is 4.60. The number of aromatic nitrogens is 2. The summed E-state index contributed by atoms with van der Waals surface area (Å²) in [5.74, 6) is 0.928. The highest BCUT2D eigenvalue weighted by atomic mass is 16.6. The van der Waals surface area contributed by atoms with Crippen LogP contribution in [-0.4, -0.2) is 35.4 Å². The molecule has 0 radical (unpaired) electrons. The van der Waals surface area contributed by atoms with E-state index in [0.29, 0.717) is 47.7 Å². The molecular weight excluding hydrogens is 454 g/mol. The molecule has 7 heteroatoms. The molecule has 0 aliphatic carbocycles. The predicted molar refractivity (Wildman–Crippen MR) is 141 cm³/mol. The normalized spacial score (nSPS) is 12.9. The lowest BCUT2D eigenvalue weighted by Crippen LogP contribution is -2.35. The van der Waals surface area contributed by atoms with Gasteiger partial charge in [-0.25, -0.2) is 4.68 Å². The first-order chi connectivity index (χ1) is 17.5. The predicted octanol–water partition coefficient (Wildman–Crippen LogP) is 5.11. The number of fused-ring (bicyclic) bond motifs is 2. The summed E-state index contributed by atoms with van der Waals surface area (Å²) in [7, 11) is 0. The first-order valence-electron chi connectivity index (χ1n) is 12.0. The van der Waals surface area contributed by atoms with Gasteiger partial charge in [0.1, 0.15) is 13.2 Å². The number of hydrogen-bond acceptors (Lipinski definition) is 5. The lowest BCUT2D eigenvalue weighted by molar-refractivity contribution is 0.0984. The molecular formula is C29H27N3O4. The fourth-order valence-corrected chi connectivity index (χ4v) is 4.21. The van der Waals surface area contributed by atoms with Crippen LogP contribution in [0.4, 0.5) is 5.69 Å². The zero-order valence-corrected chi connectivity index (χ0v) is 20.3. The Bertz CT molecular complexity index is 1490. The molecule has 5 rings (SSSR count). The van der Waals surface area contributed by atoms with Crippen LogP contribution in [0.2, 0.25) is 0 Å². The molecule has 7 nitrogen and oxygen atoms in total. The van der Waals surface area contributed by atoms with Crippen molar-refractivity contribution in [2.24, 2.45) is 0 Å². The number of benzene rings is 3. The minimum absolute atomic E-state index is 0.200. The number of carbonyl (C=O) groups is 1. The number of amides is 1. The van der Waals surface area contributed by atoms with Crippen molar-refractivity contribution < 1.29 is 14.3 Å². The highest BCUT2D eigenvalue weighted by Gasteiger charge is 2.25. The monoisotopic (exact) mass is 481 g/mol. The van der Waals surface area contributed by atoms with Gasteiger partial charge in [-0.1, -0.05) is 60.7 Å². The number of ether oxygens (including phenoxy) is 2. The number of hydrogen-bond donors (Lipinski definition) is 0. The van der Waals surface area contributed by atoms with Crippen LogP contribution < -0.4 is 19.9 Å². The average molecular weight is 482 g/mol. The van der Waals surface area contributed by atoms with E-state index in [1.54, 1.807) is 23.1 Å². The van der Waals surface area contributed by atoms with Crippen LogP contribution in [0.15, 0.2) is 83.7 Å². The summed E-state index contributed by atoms with van der Waals surface area (Å²) in [6.45, 7) is 4.98. The third-order valence-electron chi connectivity index (χ3n) is 6.00. The molecule has 1 aliphatic heterocycles. The maximum absolute atomic E-state index is 14.1. The van der Waals surface area contributed by atoms with Crippen LogP contribution in [0, 0.1) is 0 Å². The molecule has 1 aliphatic rings. The van der Waals surface area contributed by atoms with Gasteiger partial charge in [-0.3, -0.25) is 9.59 Å². The highest BCUT2D eigenvalue weighted by molar-refractivity contribution is 6.12. The first kappa shape index (κ1) is 23.4. The summed E-state index contributed by atoms with van der Waals surface area (Å²) in [6, 6.07) is 22.3. The summed E-state index contributed by atoms with van der Waals surface area (Å²) >= 11 is 0. The summed E-state index contributed by atoms with van der Waals surface area (Å²) in [5.41, 5.74) is 1.69. The van der Waals surface area contributed by atoms with Crippen LogP contribution in [0.25, 0.3) is 16.8 Å². The quantitative estimate of drug-likeness (QED) is 0.383. The van der Waals surface area contributed by atoms with Crippen molar-refractivity contribution in [1.82, 2.24) is 9.78 Å². The van der Waals surface area contributed by atoms with Crippen LogP contribution in [-0.2, 0) is 0 Å². The standard InChI is InChI=1S/C29H27N3O4/c1-20(2)32-28(33)24-13-7-6-12-23(24)27(30-32)29(34)31(16-8-11-21-9-4-3-5-10-21)22-14-15-25-26(19-22)36-18-17-35-25/h3-15,19-20H,16-18H2,1-2H3/b11-8+. The molecule has 0 N–H and O–H groups in total. The van der Waals surface area contributed by atoms with Gasteiger partial charge in [0.2, 0.25) is 0 Å². The van der Waals surface area contributed by atoms with Gasteiger partial charge in [0, 0.05) is 23.7 Å². The second-order valence-electron chi connectivity index (χ2n) is 8.79. The topological polar surface area (TPSA) is 73.7 Å². The van der Waals surface area contributed by atoms with Crippen LogP contribution in [0.1, 0.15) is 35.9 Å². The van der Waals surface area contributed by atoms with Crippen molar-refractivity contribution in [1.29, 1.82) is 0 Å². The summed E-state index contributed by atoms with van der Waals surface area (Å²) in [5, 5.41) is 5.52. The molecule has 4 aromatic rings. The van der Waals surface area contributed by atoms with E-state index >= 15 is 0 Å². The van der Waals surface area contributed by atoms with E-state index < -0.39 is 0 Å². The van der Waals surface area contributed by atoms with E-state index in [0.717, 1.165) is 5.56 Å². The number of rotatable bonds is 6. The van der Waals surface area contributed by atoms with Crippen molar-refractivity contribution >= 4 is 28.4 Å². The van der Waals surface area contributed by atoms with Gasteiger partial charge >= 0.3 is 0 Å². The van der Waals surface area contributed by atoms with Gasteiger partial charge < -0.3 is 14.4 Å². The second-order valence-corrected chi connectivity index (χ2v) is 8.79. The molecule has 0 atom stereocenters. The SMILES string of the molecule is CC(C)n1nc(C(=O)N(C/C=C/c2ccccc2)c2ccc3c(c2)OCCO3)c2ccccc2c1=O. The smallest absolute Gasteiger partial charge is 0.279 e. The van der Waals surface area contributed by atoms with Crippen LogP contribution in [0.5, 0.6) is 11.5 Å². The molecule has 0 saturated heterocycles. The van der Waals surface area contributed by atoms with Crippen LogP contribution in [0.3, 0.4) is 0 Å². The van der Waals surface area contributed by atoms with E-state index in [1.807, 2.05) is 80.6 Å².